The van der Waals surface area contributed by atoms with E-state index in [4.69, 9.17) is 9.72 Å². The second kappa shape index (κ2) is 7.74. The number of pyridine rings is 1. The number of nitrogens with one attached hydrogen (secondary N) is 2. The van der Waals surface area contributed by atoms with Crippen molar-refractivity contribution >= 4 is 40.6 Å². The third kappa shape index (κ3) is 3.59. The molecule has 32 heavy (non-hydrogen) atoms. The Morgan fingerprint density at radius 1 is 1.25 bits per heavy atom. The number of carbonyl (C=O) groups is 2. The van der Waals surface area contributed by atoms with Crippen LogP contribution in [0.15, 0.2) is 24.4 Å². The molecule has 3 aromatic heterocycles. The van der Waals surface area contributed by atoms with Crippen LogP contribution in [0.1, 0.15) is 19.5 Å². The third-order valence-corrected chi connectivity index (χ3v) is 5.83. The highest BCUT2D eigenvalue weighted by molar-refractivity contribution is 5.90. The number of aromatic nitrogens is 5. The van der Waals surface area contributed by atoms with Crippen LogP contribution in [0.25, 0.3) is 11.0 Å². The van der Waals surface area contributed by atoms with Crippen molar-refractivity contribution in [1.82, 2.24) is 30.0 Å². The Bertz CT molecular complexity index is 1200. The zero-order chi connectivity index (χ0) is 22.4. The zero-order valence-corrected chi connectivity index (χ0v) is 18.1. The van der Waals surface area contributed by atoms with Gasteiger partial charge >= 0.3 is 6.09 Å². The smallest absolute Gasteiger partial charge is 0.436 e. The van der Waals surface area contributed by atoms with Gasteiger partial charge in [-0.1, -0.05) is 0 Å². The van der Waals surface area contributed by atoms with Crippen molar-refractivity contribution in [2.24, 2.45) is 11.8 Å². The fraction of sp³-hybridized carbons (Fsp3) is 0.429. The van der Waals surface area contributed by atoms with E-state index >= 15 is 0 Å². The van der Waals surface area contributed by atoms with Crippen LogP contribution in [-0.2, 0) is 9.53 Å². The van der Waals surface area contributed by atoms with E-state index in [2.05, 4.69) is 30.6 Å². The van der Waals surface area contributed by atoms with Crippen molar-refractivity contribution in [1.29, 1.82) is 0 Å². The highest BCUT2D eigenvalue weighted by Crippen LogP contribution is 2.46. The molecule has 1 amide bonds. The standard InChI is InChI=1S/C21H24N8O3/c1-4-32-21(31)29-16(8-11(2)27-29)24-19-13-6-5-7-22-18(13)25-20(26-19)28-9-14-15(10-28)17(14)23-12(3)30/h5-8,14-15,17H,4,9-10H2,1-3H3,(H,23,30)(H,22,24,25,26). The zero-order valence-electron chi connectivity index (χ0n) is 18.1. The topological polar surface area (TPSA) is 127 Å². The van der Waals surface area contributed by atoms with Gasteiger partial charge in [0.05, 0.1) is 17.7 Å². The fourth-order valence-corrected chi connectivity index (χ4v) is 4.36. The Morgan fingerprint density at radius 3 is 2.75 bits per heavy atom. The van der Waals surface area contributed by atoms with E-state index in [9.17, 15) is 9.59 Å². The fourth-order valence-electron chi connectivity index (χ4n) is 4.36. The number of ether oxygens (including phenoxy) is 1. The summed E-state index contributed by atoms with van der Waals surface area (Å²) in [5.41, 5.74) is 1.22. The van der Waals surface area contributed by atoms with E-state index < -0.39 is 6.09 Å². The van der Waals surface area contributed by atoms with Crippen LogP contribution in [0, 0.1) is 18.8 Å². The molecule has 2 aliphatic rings. The lowest BCUT2D eigenvalue weighted by Crippen LogP contribution is -2.34. The quantitative estimate of drug-likeness (QED) is 0.616. The van der Waals surface area contributed by atoms with Crippen molar-refractivity contribution < 1.29 is 14.3 Å². The van der Waals surface area contributed by atoms with Crippen molar-refractivity contribution in [2.75, 3.05) is 29.9 Å². The second-order valence-corrected chi connectivity index (χ2v) is 8.11. The van der Waals surface area contributed by atoms with Crippen molar-refractivity contribution in [2.45, 2.75) is 26.8 Å². The number of piperidine rings is 1. The number of carbonyl (C=O) groups excluding carboxylic acids is 2. The van der Waals surface area contributed by atoms with Crippen LogP contribution in [0.3, 0.4) is 0 Å². The summed E-state index contributed by atoms with van der Waals surface area (Å²) in [6, 6.07) is 5.68. The first kappa shape index (κ1) is 20.2. The van der Waals surface area contributed by atoms with Crippen molar-refractivity contribution in [3.63, 3.8) is 0 Å². The average molecular weight is 436 g/mol. The lowest BCUT2D eigenvalue weighted by Gasteiger charge is -2.21. The Kier molecular flexibility index (Phi) is 4.87. The maximum Gasteiger partial charge on any atom is 0.436 e. The first-order valence-electron chi connectivity index (χ1n) is 10.6. The van der Waals surface area contributed by atoms with Gasteiger partial charge in [-0.05, 0) is 26.0 Å². The minimum absolute atomic E-state index is 0.00194. The van der Waals surface area contributed by atoms with Crippen LogP contribution < -0.4 is 15.5 Å². The van der Waals surface area contributed by atoms with Gasteiger partial charge in [-0.2, -0.15) is 15.1 Å². The molecule has 166 valence electrons. The summed E-state index contributed by atoms with van der Waals surface area (Å²) in [6.07, 6.45) is 1.12. The highest BCUT2D eigenvalue weighted by atomic mass is 16.6. The van der Waals surface area contributed by atoms with Gasteiger partial charge in [0.1, 0.15) is 11.6 Å². The predicted octanol–water partition coefficient (Wildman–Crippen LogP) is 1.85. The highest BCUT2D eigenvalue weighted by Gasteiger charge is 2.56. The van der Waals surface area contributed by atoms with Gasteiger partial charge in [0.2, 0.25) is 11.9 Å². The van der Waals surface area contributed by atoms with E-state index in [0.29, 0.717) is 40.8 Å². The molecule has 1 saturated heterocycles. The minimum Gasteiger partial charge on any atom is -0.448 e. The van der Waals surface area contributed by atoms with Crippen molar-refractivity contribution in [3.8, 4) is 0 Å². The molecule has 3 aromatic rings. The molecule has 0 radical (unpaired) electrons. The van der Waals surface area contributed by atoms with E-state index in [1.807, 2.05) is 12.1 Å². The van der Waals surface area contributed by atoms with Gasteiger partial charge < -0.3 is 20.3 Å². The molecular weight excluding hydrogens is 412 g/mol. The lowest BCUT2D eigenvalue weighted by atomic mass is 10.3. The van der Waals surface area contributed by atoms with Crippen LogP contribution in [-0.4, -0.2) is 62.5 Å². The Balaban J connectivity index is 1.45. The molecule has 1 saturated carbocycles. The maximum atomic E-state index is 12.3. The summed E-state index contributed by atoms with van der Waals surface area (Å²) in [5.74, 6) is 2.36. The summed E-state index contributed by atoms with van der Waals surface area (Å²) >= 11 is 0. The number of hydrogen-bond donors (Lipinski definition) is 2. The van der Waals surface area contributed by atoms with Crippen LogP contribution in [0.5, 0.6) is 0 Å². The van der Waals surface area contributed by atoms with E-state index in [0.717, 1.165) is 18.5 Å². The third-order valence-electron chi connectivity index (χ3n) is 5.83. The number of hydrogen-bond acceptors (Lipinski definition) is 9. The normalized spacial score (nSPS) is 21.3. The molecule has 11 heteroatoms. The molecule has 2 N–H and O–H groups in total. The molecular formula is C21H24N8O3. The molecule has 11 nitrogen and oxygen atoms in total. The molecule has 1 aliphatic carbocycles. The molecule has 2 fully saturated rings. The predicted molar refractivity (Wildman–Crippen MR) is 117 cm³/mol. The number of amides is 1. The summed E-state index contributed by atoms with van der Waals surface area (Å²) < 4.78 is 6.29. The maximum absolute atomic E-state index is 12.3. The van der Waals surface area contributed by atoms with E-state index in [1.165, 1.54) is 4.68 Å². The Morgan fingerprint density at radius 2 is 2.03 bits per heavy atom. The minimum atomic E-state index is -0.566. The monoisotopic (exact) mass is 436 g/mol. The van der Waals surface area contributed by atoms with Gasteiger partial charge in [-0.3, -0.25) is 4.79 Å². The van der Waals surface area contributed by atoms with E-state index in [1.54, 1.807) is 33.0 Å². The molecule has 2 atom stereocenters. The largest absolute Gasteiger partial charge is 0.448 e. The molecule has 2 unspecified atom stereocenters. The molecule has 1 aliphatic heterocycles. The number of fused-ring (bicyclic) bond motifs is 2. The molecule has 4 heterocycles. The molecule has 0 spiro atoms. The number of nitrogens with zero attached hydrogens (tertiary/aromatic N) is 6. The Hall–Kier alpha value is -3.76. The first-order chi connectivity index (χ1) is 15.4. The van der Waals surface area contributed by atoms with Gasteiger partial charge in [0.15, 0.2) is 5.65 Å². The van der Waals surface area contributed by atoms with E-state index in [-0.39, 0.29) is 18.6 Å². The average Bonchev–Trinajstić information content (AvgIpc) is 3.08. The molecule has 5 rings (SSSR count). The van der Waals surface area contributed by atoms with Crippen LogP contribution in [0.2, 0.25) is 0 Å². The molecule has 0 bridgehead atoms. The van der Waals surface area contributed by atoms with Crippen molar-refractivity contribution in [3.05, 3.63) is 30.1 Å². The second-order valence-electron chi connectivity index (χ2n) is 8.11. The number of anilines is 3. The number of rotatable bonds is 5. The van der Waals surface area contributed by atoms with Crippen LogP contribution in [0.4, 0.5) is 22.4 Å². The summed E-state index contributed by atoms with van der Waals surface area (Å²) in [5, 5.41) is 11.2. The van der Waals surface area contributed by atoms with Gasteiger partial charge in [0, 0.05) is 50.2 Å². The first-order valence-corrected chi connectivity index (χ1v) is 10.6. The van der Waals surface area contributed by atoms with Gasteiger partial charge in [0.25, 0.3) is 0 Å². The Labute approximate surface area is 184 Å². The van der Waals surface area contributed by atoms with Gasteiger partial charge in [-0.15, -0.1) is 4.68 Å². The summed E-state index contributed by atoms with van der Waals surface area (Å²) in [7, 11) is 0. The number of aryl methyl sites for hydroxylation is 1. The summed E-state index contributed by atoms with van der Waals surface area (Å²) in [4.78, 5) is 39.6. The summed E-state index contributed by atoms with van der Waals surface area (Å²) in [6.45, 7) is 6.88. The lowest BCUT2D eigenvalue weighted by molar-refractivity contribution is -0.119. The SMILES string of the molecule is CCOC(=O)n1nc(C)cc1Nc1nc(N2CC3C(C2)C3NC(C)=O)nc2ncccc12. The molecule has 0 aromatic carbocycles. The van der Waals surface area contributed by atoms with Crippen LogP contribution >= 0.6 is 0 Å². The van der Waals surface area contributed by atoms with Gasteiger partial charge in [-0.25, -0.2) is 9.78 Å².